The van der Waals surface area contributed by atoms with E-state index in [4.69, 9.17) is 11.6 Å². The first-order valence-corrected chi connectivity index (χ1v) is 9.19. The number of amides is 2. The number of nitrogens with one attached hydrogen (secondary N) is 1. The van der Waals surface area contributed by atoms with Gasteiger partial charge in [0.15, 0.2) is 0 Å². The van der Waals surface area contributed by atoms with E-state index in [9.17, 15) is 14.7 Å². The van der Waals surface area contributed by atoms with E-state index in [1.165, 1.54) is 11.1 Å². The molecule has 2 amide bonds. The van der Waals surface area contributed by atoms with Gasteiger partial charge in [-0.3, -0.25) is 4.79 Å². The third-order valence-electron chi connectivity index (χ3n) is 4.13. The van der Waals surface area contributed by atoms with Gasteiger partial charge in [-0.2, -0.15) is 0 Å². The van der Waals surface area contributed by atoms with E-state index in [1.807, 2.05) is 20.8 Å². The Morgan fingerprint density at radius 2 is 2.08 bits per heavy atom. The van der Waals surface area contributed by atoms with Gasteiger partial charge < -0.3 is 15.3 Å². The van der Waals surface area contributed by atoms with Crippen LogP contribution < -0.4 is 5.32 Å². The molecule has 2 rings (SSSR count). The molecule has 0 saturated heterocycles. The minimum absolute atomic E-state index is 0.123. The van der Waals surface area contributed by atoms with E-state index >= 15 is 0 Å². The molecule has 1 aromatic rings. The maximum atomic E-state index is 12.4. The largest absolute Gasteiger partial charge is 0.465 e. The number of anilines is 1. The first-order chi connectivity index (χ1) is 11.1. The second-order valence-electron chi connectivity index (χ2n) is 6.96. The van der Waals surface area contributed by atoms with Gasteiger partial charge in [-0.05, 0) is 68.7 Å². The van der Waals surface area contributed by atoms with Gasteiger partial charge in [0.1, 0.15) is 5.82 Å². The minimum atomic E-state index is -0.942. The monoisotopic (exact) mass is 465 g/mol. The lowest BCUT2D eigenvalue weighted by Crippen LogP contribution is -2.50. The SMILES string of the molecule is CC(C)(C)N(C(=O)O)[C@@H]1CC[C@H](C(=O)Nc2cc(I)c(Cl)cn2)C1. The summed E-state index contributed by atoms with van der Waals surface area (Å²) in [6, 6.07) is 1.57. The first-order valence-electron chi connectivity index (χ1n) is 7.73. The Labute approximate surface area is 160 Å². The Bertz CT molecular complexity index is 648. The van der Waals surface area contributed by atoms with E-state index in [-0.39, 0.29) is 17.9 Å². The normalized spacial score (nSPS) is 20.7. The second kappa shape index (κ2) is 7.43. The van der Waals surface area contributed by atoms with E-state index in [1.54, 1.807) is 6.07 Å². The van der Waals surface area contributed by atoms with E-state index < -0.39 is 11.6 Å². The van der Waals surface area contributed by atoms with Gasteiger partial charge in [-0.1, -0.05) is 11.6 Å². The van der Waals surface area contributed by atoms with Crippen molar-refractivity contribution in [3.8, 4) is 0 Å². The molecule has 1 saturated carbocycles. The molecule has 2 atom stereocenters. The van der Waals surface area contributed by atoms with Crippen molar-refractivity contribution < 1.29 is 14.7 Å². The van der Waals surface area contributed by atoms with E-state index in [0.717, 1.165) is 3.57 Å². The molecule has 24 heavy (non-hydrogen) atoms. The molecule has 0 unspecified atom stereocenters. The summed E-state index contributed by atoms with van der Waals surface area (Å²) in [6.07, 6.45) is 2.44. The molecule has 1 aliphatic carbocycles. The van der Waals surface area contributed by atoms with Gasteiger partial charge in [0.05, 0.1) is 5.02 Å². The molecular formula is C16H21ClIN3O3. The van der Waals surface area contributed by atoms with Crippen LogP contribution in [0.15, 0.2) is 12.3 Å². The number of halogens is 2. The zero-order chi connectivity index (χ0) is 18.1. The summed E-state index contributed by atoms with van der Waals surface area (Å²) >= 11 is 8.00. The Hall–Kier alpha value is -1.09. The van der Waals surface area contributed by atoms with Crippen molar-refractivity contribution in [3.63, 3.8) is 0 Å². The lowest BCUT2D eigenvalue weighted by molar-refractivity contribution is -0.119. The van der Waals surface area contributed by atoms with Gasteiger partial charge in [0.25, 0.3) is 0 Å². The number of nitrogens with zero attached hydrogens (tertiary/aromatic N) is 2. The lowest BCUT2D eigenvalue weighted by Gasteiger charge is -2.38. The summed E-state index contributed by atoms with van der Waals surface area (Å²) in [5.74, 6) is 0.125. The van der Waals surface area contributed by atoms with Crippen LogP contribution in [0.5, 0.6) is 0 Å². The number of carbonyl (C=O) groups is 2. The van der Waals surface area contributed by atoms with Crippen LogP contribution >= 0.6 is 34.2 Å². The fraction of sp³-hybridized carbons (Fsp3) is 0.562. The quantitative estimate of drug-likeness (QED) is 0.655. The van der Waals surface area contributed by atoms with Crippen LogP contribution in [0.3, 0.4) is 0 Å². The van der Waals surface area contributed by atoms with E-state index in [2.05, 4.69) is 32.9 Å². The Balaban J connectivity index is 2.03. The van der Waals surface area contributed by atoms with Crippen molar-refractivity contribution in [1.82, 2.24) is 9.88 Å². The molecule has 132 valence electrons. The average molecular weight is 466 g/mol. The summed E-state index contributed by atoms with van der Waals surface area (Å²) in [7, 11) is 0. The zero-order valence-corrected chi connectivity index (χ0v) is 16.8. The first kappa shape index (κ1) is 19.2. The summed E-state index contributed by atoms with van der Waals surface area (Å²) < 4.78 is 0.814. The predicted octanol–water partition coefficient (Wildman–Crippen LogP) is 4.23. The predicted molar refractivity (Wildman–Crippen MR) is 101 cm³/mol. The molecule has 0 spiro atoms. The smallest absolute Gasteiger partial charge is 0.407 e. The van der Waals surface area contributed by atoms with Crippen molar-refractivity contribution in [1.29, 1.82) is 0 Å². The molecule has 2 N–H and O–H groups in total. The van der Waals surface area contributed by atoms with Crippen molar-refractivity contribution in [3.05, 3.63) is 20.9 Å². The van der Waals surface area contributed by atoms with Gasteiger partial charge in [0, 0.05) is 27.3 Å². The van der Waals surface area contributed by atoms with Gasteiger partial charge in [0.2, 0.25) is 5.91 Å². The number of pyridine rings is 1. The number of hydrogen-bond donors (Lipinski definition) is 2. The fourth-order valence-electron chi connectivity index (χ4n) is 3.13. The van der Waals surface area contributed by atoms with Crippen LogP contribution in [0.25, 0.3) is 0 Å². The number of hydrogen-bond acceptors (Lipinski definition) is 3. The highest BCUT2D eigenvalue weighted by atomic mass is 127. The Morgan fingerprint density at radius 3 is 2.62 bits per heavy atom. The van der Waals surface area contributed by atoms with Crippen LogP contribution in [-0.2, 0) is 4.79 Å². The highest BCUT2D eigenvalue weighted by molar-refractivity contribution is 14.1. The third kappa shape index (κ3) is 4.50. The molecule has 6 nitrogen and oxygen atoms in total. The molecule has 8 heteroatoms. The number of rotatable bonds is 3. The molecule has 1 aromatic heterocycles. The molecule has 1 aliphatic rings. The maximum Gasteiger partial charge on any atom is 0.407 e. The summed E-state index contributed by atoms with van der Waals surface area (Å²) in [5, 5.41) is 12.8. The number of carboxylic acid groups (broad SMARTS) is 1. The zero-order valence-electron chi connectivity index (χ0n) is 13.8. The topological polar surface area (TPSA) is 82.5 Å². The maximum absolute atomic E-state index is 12.4. The van der Waals surface area contributed by atoms with Gasteiger partial charge >= 0.3 is 6.09 Å². The highest BCUT2D eigenvalue weighted by Gasteiger charge is 2.39. The summed E-state index contributed by atoms with van der Waals surface area (Å²) in [5.41, 5.74) is -0.490. The van der Waals surface area contributed by atoms with Crippen molar-refractivity contribution in [2.24, 2.45) is 5.92 Å². The Morgan fingerprint density at radius 1 is 1.42 bits per heavy atom. The number of carbonyl (C=O) groups excluding carboxylic acids is 1. The Kier molecular flexibility index (Phi) is 5.95. The molecule has 1 heterocycles. The summed E-state index contributed by atoms with van der Waals surface area (Å²) in [6.45, 7) is 5.61. The minimum Gasteiger partial charge on any atom is -0.465 e. The average Bonchev–Trinajstić information content (AvgIpc) is 2.90. The van der Waals surface area contributed by atoms with Crippen LogP contribution in [0.4, 0.5) is 10.6 Å². The van der Waals surface area contributed by atoms with Crippen LogP contribution in [0, 0.1) is 9.49 Å². The number of aromatic nitrogens is 1. The van der Waals surface area contributed by atoms with Crippen molar-refractivity contribution >= 4 is 52.0 Å². The molecule has 0 aliphatic heterocycles. The molecule has 0 radical (unpaired) electrons. The van der Waals surface area contributed by atoms with Crippen LogP contribution in [0.1, 0.15) is 40.0 Å². The lowest BCUT2D eigenvalue weighted by atomic mass is 10.0. The highest BCUT2D eigenvalue weighted by Crippen LogP contribution is 2.34. The summed E-state index contributed by atoms with van der Waals surface area (Å²) in [4.78, 5) is 29.6. The fourth-order valence-corrected chi connectivity index (χ4v) is 3.67. The van der Waals surface area contributed by atoms with Crippen molar-refractivity contribution in [2.75, 3.05) is 5.32 Å². The van der Waals surface area contributed by atoms with Crippen molar-refractivity contribution in [2.45, 2.75) is 51.6 Å². The molecule has 0 aromatic carbocycles. The molecule has 1 fully saturated rings. The van der Waals surface area contributed by atoms with Crippen LogP contribution in [-0.4, -0.2) is 38.6 Å². The van der Waals surface area contributed by atoms with Gasteiger partial charge in [-0.25, -0.2) is 9.78 Å². The van der Waals surface area contributed by atoms with Gasteiger partial charge in [-0.15, -0.1) is 0 Å². The third-order valence-corrected chi connectivity index (χ3v) is 5.64. The second-order valence-corrected chi connectivity index (χ2v) is 8.53. The van der Waals surface area contributed by atoms with Crippen LogP contribution in [0.2, 0.25) is 5.02 Å². The standard InChI is InChI=1S/C16H21ClIN3O3/c1-16(2,3)21(15(23)24)10-5-4-9(6-10)14(22)20-13-7-12(18)11(17)8-19-13/h7-10H,4-6H2,1-3H3,(H,23,24)(H,19,20,22)/t9-,10+/m0/s1. The van der Waals surface area contributed by atoms with E-state index in [0.29, 0.717) is 30.1 Å². The molecule has 0 bridgehead atoms. The molecular weight excluding hydrogens is 445 g/mol.